The predicted octanol–water partition coefficient (Wildman–Crippen LogP) is 10.4. The summed E-state index contributed by atoms with van der Waals surface area (Å²) in [5.74, 6) is -0.0463. The number of carbonyl (C=O) groups is 4. The molecular formula is C47H64ClNO6. The molecule has 1 amide bonds. The third-order valence-electron chi connectivity index (χ3n) is 16.9. The lowest BCUT2D eigenvalue weighted by Crippen LogP contribution is -2.65. The number of benzene rings is 1. The number of rotatable bonds is 9. The molecule has 5 fully saturated rings. The zero-order valence-corrected chi connectivity index (χ0v) is 35.5. The zero-order chi connectivity index (χ0) is 40.1. The average molecular weight is 774 g/mol. The normalized spacial score (nSPS) is 37.5. The fourth-order valence-electron chi connectivity index (χ4n) is 13.6. The van der Waals surface area contributed by atoms with Crippen LogP contribution in [-0.2, 0) is 29.5 Å². The van der Waals surface area contributed by atoms with E-state index in [1.54, 1.807) is 19.9 Å². The summed E-state index contributed by atoms with van der Waals surface area (Å²) in [6, 6.07) is 7.77. The van der Waals surface area contributed by atoms with Gasteiger partial charge in [0.05, 0.1) is 17.4 Å². The largest absolute Gasteiger partial charge is 0.481 e. The van der Waals surface area contributed by atoms with E-state index in [4.69, 9.17) is 16.3 Å². The number of hydrogen-bond acceptors (Lipinski definition) is 5. The molecule has 7 rings (SSSR count). The van der Waals surface area contributed by atoms with Gasteiger partial charge in [0.1, 0.15) is 6.10 Å². The molecule has 7 nitrogen and oxygen atoms in total. The molecule has 6 aliphatic rings. The monoisotopic (exact) mass is 773 g/mol. The molecule has 1 aromatic rings. The second kappa shape index (κ2) is 13.3. The van der Waals surface area contributed by atoms with Crippen molar-refractivity contribution in [3.05, 3.63) is 58.1 Å². The number of carboxylic acid groups (broad SMARTS) is 1. The molecule has 0 saturated heterocycles. The standard InChI is InChI=1S/C47H64ClNO6/c1-28(2)38-32(50)26-46(20-17-36(51)49-47(23-24-47)29-11-10-12-30(48)25-29)22-21-44(8)31(39(38)46)13-14-34-43(7)18-16-35(55-37(52)27-41(3,4)40(53)54)42(5,6)33(43)15-19-45(34,44)9/h10-12,17,20,25,28,31,33-35H,13-16,18-19,21-24,26-27H2,1-9H3,(H,49,51)(H,53,54)/b20-17+/t31?,33-,34+,35-,43-,44+,45+,46?/m0/s1. The van der Waals surface area contributed by atoms with Crippen molar-refractivity contribution < 1.29 is 29.0 Å². The van der Waals surface area contributed by atoms with Gasteiger partial charge < -0.3 is 15.2 Å². The maximum absolute atomic E-state index is 14.1. The molecule has 0 heterocycles. The molecule has 0 radical (unpaired) electrons. The summed E-state index contributed by atoms with van der Waals surface area (Å²) in [7, 11) is 0. The highest BCUT2D eigenvalue weighted by Crippen LogP contribution is 2.77. The molecule has 8 heteroatoms. The maximum atomic E-state index is 14.1. The average Bonchev–Trinajstić information content (AvgIpc) is 3.80. The van der Waals surface area contributed by atoms with Crippen molar-refractivity contribution in [1.82, 2.24) is 5.32 Å². The summed E-state index contributed by atoms with van der Waals surface area (Å²) < 4.78 is 6.17. The molecule has 0 spiro atoms. The van der Waals surface area contributed by atoms with Crippen LogP contribution < -0.4 is 5.32 Å². The van der Waals surface area contributed by atoms with Gasteiger partial charge >= 0.3 is 11.9 Å². The summed E-state index contributed by atoms with van der Waals surface area (Å²) in [4.78, 5) is 52.6. The number of allylic oxidation sites excluding steroid dienone is 3. The van der Waals surface area contributed by atoms with E-state index in [1.165, 1.54) is 5.57 Å². The Morgan fingerprint density at radius 2 is 1.65 bits per heavy atom. The molecular weight excluding hydrogens is 710 g/mol. The summed E-state index contributed by atoms with van der Waals surface area (Å²) in [6.07, 6.45) is 13.5. The first-order valence-corrected chi connectivity index (χ1v) is 21.4. The Kier molecular flexibility index (Phi) is 9.75. The van der Waals surface area contributed by atoms with Gasteiger partial charge in [-0.1, -0.05) is 78.3 Å². The molecule has 2 N–H and O–H groups in total. The highest BCUT2D eigenvalue weighted by molar-refractivity contribution is 6.30. The third-order valence-corrected chi connectivity index (χ3v) is 17.1. The van der Waals surface area contributed by atoms with Crippen LogP contribution in [0.4, 0.5) is 0 Å². The smallest absolute Gasteiger partial charge is 0.309 e. The van der Waals surface area contributed by atoms with Gasteiger partial charge in [-0.25, -0.2) is 0 Å². The Hall–Kier alpha value is -2.93. The molecule has 55 heavy (non-hydrogen) atoms. The minimum absolute atomic E-state index is 0.00981. The number of esters is 1. The van der Waals surface area contributed by atoms with Crippen molar-refractivity contribution >= 4 is 35.2 Å². The number of Topliss-reactive ketones (excluding diaryl/α,β-unsaturated/α-hetero) is 1. The number of ketones is 1. The number of hydrogen-bond donors (Lipinski definition) is 2. The van der Waals surface area contributed by atoms with Gasteiger partial charge in [0.25, 0.3) is 0 Å². The molecule has 300 valence electrons. The topological polar surface area (TPSA) is 110 Å². The number of aliphatic carboxylic acids is 1. The third kappa shape index (κ3) is 6.27. The number of carboxylic acids is 1. The first-order chi connectivity index (χ1) is 25.6. The van der Waals surface area contributed by atoms with Gasteiger partial charge in [0.15, 0.2) is 5.78 Å². The van der Waals surface area contributed by atoms with E-state index in [-0.39, 0.29) is 63.2 Å². The van der Waals surface area contributed by atoms with E-state index in [0.717, 1.165) is 75.3 Å². The second-order valence-electron chi connectivity index (χ2n) is 21.0. The van der Waals surface area contributed by atoms with Gasteiger partial charge in [0, 0.05) is 22.3 Å². The van der Waals surface area contributed by atoms with E-state index in [1.807, 2.05) is 24.3 Å². The Bertz CT molecular complexity index is 1850. The van der Waals surface area contributed by atoms with Crippen molar-refractivity contribution in [2.24, 2.45) is 56.2 Å². The van der Waals surface area contributed by atoms with Crippen LogP contribution in [0, 0.1) is 56.2 Å². The molecule has 1 aromatic carbocycles. The predicted molar refractivity (Wildman–Crippen MR) is 215 cm³/mol. The van der Waals surface area contributed by atoms with Crippen LogP contribution in [0.25, 0.3) is 0 Å². The van der Waals surface area contributed by atoms with Crippen LogP contribution in [0.1, 0.15) is 145 Å². The van der Waals surface area contributed by atoms with E-state index in [0.29, 0.717) is 23.3 Å². The van der Waals surface area contributed by atoms with E-state index < -0.39 is 22.8 Å². The first-order valence-electron chi connectivity index (χ1n) is 21.0. The van der Waals surface area contributed by atoms with Crippen LogP contribution in [0.2, 0.25) is 5.02 Å². The Morgan fingerprint density at radius 1 is 0.945 bits per heavy atom. The Labute approximate surface area is 333 Å². The minimum atomic E-state index is -1.17. The van der Waals surface area contributed by atoms with Crippen LogP contribution in [0.15, 0.2) is 47.6 Å². The van der Waals surface area contributed by atoms with Gasteiger partial charge in [-0.2, -0.15) is 0 Å². The van der Waals surface area contributed by atoms with Crippen LogP contribution >= 0.6 is 11.6 Å². The molecule has 0 aliphatic heterocycles. The summed E-state index contributed by atoms with van der Waals surface area (Å²) in [6.45, 7) is 19.6. The van der Waals surface area contributed by atoms with Crippen LogP contribution in [0.5, 0.6) is 0 Å². The molecule has 8 atom stereocenters. The summed E-state index contributed by atoms with van der Waals surface area (Å²) in [5, 5.41) is 13.6. The van der Waals surface area contributed by atoms with Crippen molar-refractivity contribution in [2.45, 2.75) is 151 Å². The van der Waals surface area contributed by atoms with Crippen molar-refractivity contribution in [3.8, 4) is 0 Å². The van der Waals surface area contributed by atoms with Crippen molar-refractivity contribution in [3.63, 3.8) is 0 Å². The van der Waals surface area contributed by atoms with E-state index >= 15 is 0 Å². The fraction of sp³-hybridized carbons (Fsp3) is 0.702. The Morgan fingerprint density at radius 3 is 2.29 bits per heavy atom. The number of amides is 1. The summed E-state index contributed by atoms with van der Waals surface area (Å²) in [5.41, 5.74) is 1.24. The Balaban J connectivity index is 1.15. The van der Waals surface area contributed by atoms with E-state index in [9.17, 15) is 24.3 Å². The molecule has 0 bridgehead atoms. The fourth-order valence-corrected chi connectivity index (χ4v) is 13.8. The molecule has 5 saturated carbocycles. The molecule has 6 aliphatic carbocycles. The second-order valence-corrected chi connectivity index (χ2v) is 21.4. The van der Waals surface area contributed by atoms with Crippen molar-refractivity contribution in [2.75, 3.05) is 0 Å². The number of halogens is 1. The minimum Gasteiger partial charge on any atom is -0.481 e. The van der Waals surface area contributed by atoms with Crippen LogP contribution in [-0.4, -0.2) is 34.8 Å². The number of carbonyl (C=O) groups excluding carboxylic acids is 3. The highest BCUT2D eigenvalue weighted by atomic mass is 35.5. The quantitative estimate of drug-likeness (QED) is 0.191. The van der Waals surface area contributed by atoms with Crippen molar-refractivity contribution in [1.29, 1.82) is 0 Å². The molecule has 0 aromatic heterocycles. The lowest BCUT2D eigenvalue weighted by atomic mass is 9.33. The SMILES string of the molecule is CC(C)C1=C2C3CC[C@@H]4[C@@]5(C)CC[C@H](OC(=O)CC(C)(C)C(=O)O)C(C)(C)[C@@H]5CC[C@@]4(C)[C@]3(C)CCC2(/C=C/C(=O)NC2(c3cccc(Cl)c3)CC2)CC1=O. The number of ether oxygens (including phenoxy) is 1. The van der Waals surface area contributed by atoms with Gasteiger partial charge in [-0.15, -0.1) is 0 Å². The van der Waals surface area contributed by atoms with Gasteiger partial charge in [-0.3, -0.25) is 19.2 Å². The van der Waals surface area contributed by atoms with Crippen LogP contribution in [0.3, 0.4) is 0 Å². The zero-order valence-electron chi connectivity index (χ0n) is 34.7. The first kappa shape index (κ1) is 40.3. The number of nitrogens with one attached hydrogen (secondary N) is 1. The maximum Gasteiger partial charge on any atom is 0.309 e. The van der Waals surface area contributed by atoms with Gasteiger partial charge in [0.2, 0.25) is 5.91 Å². The van der Waals surface area contributed by atoms with Gasteiger partial charge in [-0.05, 0) is 153 Å². The highest BCUT2D eigenvalue weighted by Gasteiger charge is 2.70. The lowest BCUT2D eigenvalue weighted by Gasteiger charge is -2.72. The molecule has 2 unspecified atom stereocenters. The number of fused-ring (bicyclic) bond motifs is 7. The van der Waals surface area contributed by atoms with E-state index in [2.05, 4.69) is 59.9 Å². The summed E-state index contributed by atoms with van der Waals surface area (Å²) >= 11 is 6.32. The lowest BCUT2D eigenvalue weighted by molar-refractivity contribution is -0.232.